The highest BCUT2D eigenvalue weighted by Crippen LogP contribution is 2.58. The number of rotatable bonds is 4. The van der Waals surface area contributed by atoms with E-state index in [2.05, 4.69) is 257 Å². The van der Waals surface area contributed by atoms with Gasteiger partial charge in [-0.1, -0.05) is 182 Å². The monoisotopic (exact) mass is 876 g/mol. The lowest BCUT2D eigenvalue weighted by Gasteiger charge is -2.44. The van der Waals surface area contributed by atoms with E-state index >= 15 is 0 Å². The molecule has 3 heterocycles. The van der Waals surface area contributed by atoms with Crippen molar-refractivity contribution in [2.75, 3.05) is 9.80 Å². The second-order valence-electron chi connectivity index (χ2n) is 24.4. The topological polar surface area (TPSA) is 11.4 Å². The van der Waals surface area contributed by atoms with E-state index in [1.54, 1.807) is 0 Å². The van der Waals surface area contributed by atoms with E-state index in [9.17, 15) is 0 Å². The van der Waals surface area contributed by atoms with E-state index in [0.717, 1.165) is 11.4 Å². The molecule has 7 aromatic carbocycles. The average Bonchev–Trinajstić information content (AvgIpc) is 3.74. The second-order valence-corrected chi connectivity index (χ2v) is 24.4. The van der Waals surface area contributed by atoms with Crippen LogP contribution in [0.1, 0.15) is 130 Å². The number of aromatic nitrogens is 1. The van der Waals surface area contributed by atoms with Gasteiger partial charge >= 0.3 is 6.85 Å². The smallest absolute Gasteiger partial charge is 0.333 e. The van der Waals surface area contributed by atoms with Crippen LogP contribution in [0.25, 0.3) is 38.4 Å². The predicted octanol–water partition coefficient (Wildman–Crippen LogP) is 16.6. The zero-order chi connectivity index (χ0) is 47.3. The summed E-state index contributed by atoms with van der Waals surface area (Å²) in [5, 5.41) is 2.59. The molecule has 3 nitrogen and oxygen atoms in total. The maximum absolute atomic E-state index is 2.79. The molecule has 0 N–H and O–H groups in total. The van der Waals surface area contributed by atoms with Crippen molar-refractivity contribution in [1.82, 2.24) is 4.48 Å². The first-order chi connectivity index (χ1) is 31.5. The maximum atomic E-state index is 2.79. The van der Waals surface area contributed by atoms with Crippen molar-refractivity contribution >= 4 is 68.0 Å². The Hall–Kier alpha value is -6.26. The summed E-state index contributed by atoms with van der Waals surface area (Å²) in [6.07, 6.45) is 0. The molecule has 0 saturated heterocycles. The van der Waals surface area contributed by atoms with Crippen LogP contribution in [0.3, 0.4) is 0 Å². The van der Waals surface area contributed by atoms with Gasteiger partial charge in [0, 0.05) is 61.2 Å². The Labute approximate surface area is 400 Å². The van der Waals surface area contributed by atoms with Crippen LogP contribution in [0.2, 0.25) is 0 Å². The largest absolute Gasteiger partial charge is 0.375 e. The molecule has 11 rings (SSSR count). The summed E-state index contributed by atoms with van der Waals surface area (Å²) in [7, 11) is 0. The van der Waals surface area contributed by atoms with Crippen molar-refractivity contribution in [1.29, 1.82) is 0 Å². The molecule has 8 aromatic rings. The normalized spacial score (nSPS) is 15.3. The number of anilines is 5. The fourth-order valence-electron chi connectivity index (χ4n) is 11.6. The Morgan fingerprint density at radius 2 is 1.03 bits per heavy atom. The van der Waals surface area contributed by atoms with E-state index in [-0.39, 0.29) is 33.9 Å². The first-order valence-corrected chi connectivity index (χ1v) is 24.6. The number of hydrogen-bond acceptors (Lipinski definition) is 2. The van der Waals surface area contributed by atoms with E-state index < -0.39 is 0 Å². The molecule has 0 saturated carbocycles. The molecular weight excluding hydrogens is 810 g/mol. The molecule has 1 aromatic heterocycles. The average molecular weight is 876 g/mol. The zero-order valence-corrected chi connectivity index (χ0v) is 42.3. The van der Waals surface area contributed by atoms with Crippen molar-refractivity contribution < 1.29 is 0 Å². The maximum Gasteiger partial charge on any atom is 0.333 e. The fourth-order valence-corrected chi connectivity index (χ4v) is 11.6. The summed E-state index contributed by atoms with van der Waals surface area (Å²) in [6.45, 7) is 33.1. The van der Waals surface area contributed by atoms with Crippen molar-refractivity contribution in [3.05, 3.63) is 185 Å². The number of para-hydroxylation sites is 2. The molecule has 67 heavy (non-hydrogen) atoms. The minimum atomic E-state index is -0.305. The van der Waals surface area contributed by atoms with E-state index in [4.69, 9.17) is 0 Å². The van der Waals surface area contributed by atoms with Crippen LogP contribution in [-0.2, 0) is 27.1 Å². The van der Waals surface area contributed by atoms with Crippen LogP contribution in [0, 0.1) is 0 Å². The van der Waals surface area contributed by atoms with Gasteiger partial charge in [-0.05, 0) is 132 Å². The summed E-state index contributed by atoms with van der Waals surface area (Å²) in [6, 6.07) is 56.2. The molecule has 0 unspecified atom stereocenters. The van der Waals surface area contributed by atoms with Crippen LogP contribution in [0.5, 0.6) is 0 Å². The highest BCUT2D eigenvalue weighted by Gasteiger charge is 2.53. The lowest BCUT2D eigenvalue weighted by atomic mass is 9.43. The van der Waals surface area contributed by atoms with Crippen LogP contribution in [0.4, 0.5) is 28.4 Å². The molecule has 0 radical (unpaired) electrons. The van der Waals surface area contributed by atoms with E-state index in [1.807, 2.05) is 0 Å². The van der Waals surface area contributed by atoms with Gasteiger partial charge in [0.05, 0.1) is 5.69 Å². The van der Waals surface area contributed by atoms with Gasteiger partial charge in [0.15, 0.2) is 0 Å². The third-order valence-corrected chi connectivity index (χ3v) is 15.3. The molecule has 0 amide bonds. The summed E-state index contributed by atoms with van der Waals surface area (Å²) in [5.74, 6) is 0. The van der Waals surface area contributed by atoms with Crippen LogP contribution < -0.4 is 15.3 Å². The molecule has 0 fully saturated rings. The summed E-state index contributed by atoms with van der Waals surface area (Å²) in [4.78, 5) is 5.17. The molecule has 0 bridgehead atoms. The van der Waals surface area contributed by atoms with Gasteiger partial charge in [0.25, 0.3) is 0 Å². The van der Waals surface area contributed by atoms with E-state index in [1.165, 1.54) is 100 Å². The molecule has 0 atom stereocenters. The van der Waals surface area contributed by atoms with Crippen LogP contribution >= 0.6 is 0 Å². The van der Waals surface area contributed by atoms with Crippen molar-refractivity contribution in [2.24, 2.45) is 0 Å². The molecule has 3 aliphatic rings. The van der Waals surface area contributed by atoms with Gasteiger partial charge in [-0.2, -0.15) is 0 Å². The van der Waals surface area contributed by atoms with Gasteiger partial charge in [0.2, 0.25) is 0 Å². The van der Waals surface area contributed by atoms with Crippen molar-refractivity contribution in [2.45, 2.75) is 124 Å². The predicted molar refractivity (Wildman–Crippen MR) is 290 cm³/mol. The molecule has 1 aliphatic carbocycles. The molecule has 336 valence electrons. The van der Waals surface area contributed by atoms with E-state index in [0.29, 0.717) is 0 Å². The highest BCUT2D eigenvalue weighted by atomic mass is 15.2. The number of hydrogen-bond donors (Lipinski definition) is 0. The lowest BCUT2D eigenvalue weighted by Crippen LogP contribution is -2.50. The Bertz CT molecular complexity index is 3300. The Kier molecular flexibility index (Phi) is 9.30. The number of fused-ring (bicyclic) bond motifs is 8. The Balaban J connectivity index is 1.34. The van der Waals surface area contributed by atoms with Crippen LogP contribution in [0.15, 0.2) is 151 Å². The van der Waals surface area contributed by atoms with Gasteiger partial charge in [-0.15, -0.1) is 0 Å². The van der Waals surface area contributed by atoms with Gasteiger partial charge in [0.1, 0.15) is 0 Å². The minimum Gasteiger partial charge on any atom is -0.375 e. The molecule has 0 spiro atoms. The van der Waals surface area contributed by atoms with Crippen molar-refractivity contribution in [3.8, 4) is 11.1 Å². The molecule has 4 heteroatoms. The number of benzene rings is 7. The Morgan fingerprint density at radius 3 is 1.61 bits per heavy atom. The first kappa shape index (κ1) is 43.3. The summed E-state index contributed by atoms with van der Waals surface area (Å²) in [5.41, 5.74) is 23.1. The first-order valence-electron chi connectivity index (χ1n) is 24.6. The fraction of sp³-hybridized carbons (Fsp3) is 0.302. The number of allylic oxidation sites excluding steroid dienone is 1. The van der Waals surface area contributed by atoms with Gasteiger partial charge < -0.3 is 14.3 Å². The van der Waals surface area contributed by atoms with Crippen molar-refractivity contribution in [3.63, 3.8) is 0 Å². The highest BCUT2D eigenvalue weighted by molar-refractivity contribution is 6.93. The van der Waals surface area contributed by atoms with Gasteiger partial charge in [-0.3, -0.25) is 0 Å². The standard InChI is InChI=1S/C63H66BN3/c1-59(2,3)39-25-29-45(30-26-39)66-53-38-42(62(10,11)12)37-47-46-31-34-52(65(43-21-17-15-18-22-43)44-23-19-16-20-24-44)54-49-36-41(61(7,8)9)28-33-51(49)67(57(46)54)64(55(47)53)56-48-35-40(60(4,5)6)27-32-50(48)63(13,14)58(56)66/h15-38H,1-14H3. The third kappa shape index (κ3) is 6.52. The summed E-state index contributed by atoms with van der Waals surface area (Å²) >= 11 is 0. The Morgan fingerprint density at radius 1 is 0.493 bits per heavy atom. The second kappa shape index (κ2) is 14.4. The SMILES string of the molecule is CC(C)(C)c1ccc(N2C3=C(B4c5c(cc(C(C)(C)C)cc52)-c2ccc(N(c5ccccc5)c5ccccc5)c5c6cc(C(C)(C)C)ccc6n4c25)c2cc(C(C)(C)C)ccc2C3(C)C)cc1. The van der Waals surface area contributed by atoms with Gasteiger partial charge in [-0.25, -0.2) is 0 Å². The number of nitrogens with zero attached hydrogens (tertiary/aromatic N) is 3. The lowest BCUT2D eigenvalue weighted by molar-refractivity contribution is 0.586. The molecular formula is C63H66BN3. The summed E-state index contributed by atoms with van der Waals surface area (Å²) < 4.78 is 2.79. The third-order valence-electron chi connectivity index (χ3n) is 15.3. The zero-order valence-electron chi connectivity index (χ0n) is 42.3. The quantitative estimate of drug-likeness (QED) is 0.163. The molecule has 2 aliphatic heterocycles. The van der Waals surface area contributed by atoms with Crippen LogP contribution in [-0.4, -0.2) is 11.3 Å². The minimum absolute atomic E-state index is 0.0204.